The fourth-order valence-electron chi connectivity index (χ4n) is 1.24. The first kappa shape index (κ1) is 13.0. The largest absolute Gasteiger partial charge is 0.496 e. The molecule has 0 heterocycles. The summed E-state index contributed by atoms with van der Waals surface area (Å²) in [5.74, 6) is -0.123. The number of carboxylic acids is 1. The molecule has 0 unspecified atom stereocenters. The van der Waals surface area contributed by atoms with Gasteiger partial charge in [0.1, 0.15) is 11.8 Å². The van der Waals surface area contributed by atoms with E-state index in [9.17, 15) is 4.79 Å². The molecule has 0 amide bonds. The van der Waals surface area contributed by atoms with Gasteiger partial charge >= 0.3 is 5.97 Å². The molecule has 2 N–H and O–H groups in total. The Bertz CT molecular complexity index is 381. The van der Waals surface area contributed by atoms with E-state index in [0.717, 1.165) is 15.8 Å². The molecular weight excluding hydrogens is 274 g/mol. The summed E-state index contributed by atoms with van der Waals surface area (Å²) in [6, 6.07) is 5.04. The molecule has 0 aliphatic heterocycles. The van der Waals surface area contributed by atoms with Gasteiger partial charge in [-0.1, -0.05) is 15.9 Å². The quantitative estimate of drug-likeness (QED) is 0.870. The minimum atomic E-state index is -0.867. The lowest BCUT2D eigenvalue weighted by molar-refractivity contribution is -0.139. The van der Waals surface area contributed by atoms with Gasteiger partial charge in [-0.15, -0.1) is 0 Å². The molecule has 88 valence electrons. The summed E-state index contributed by atoms with van der Waals surface area (Å²) in [4.78, 5) is 10.6. The molecule has 1 aromatic carbocycles. The molecule has 0 aliphatic rings. The van der Waals surface area contributed by atoms with Gasteiger partial charge in [-0.3, -0.25) is 4.79 Å². The second kappa shape index (κ2) is 5.86. The lowest BCUT2D eigenvalue weighted by atomic mass is 10.2. The standard InChI is InChI=1S/C11H14BrNO3/c1-7(11(14)15)13-6-8-5-9(12)3-4-10(8)16-2/h3-5,7,13H,6H2,1-2H3,(H,14,15)/t7-/m0/s1. The first-order chi connectivity index (χ1) is 7.54. The van der Waals surface area contributed by atoms with Gasteiger partial charge in [0.15, 0.2) is 0 Å². The number of benzene rings is 1. The van der Waals surface area contributed by atoms with Crippen LogP contribution >= 0.6 is 15.9 Å². The molecule has 16 heavy (non-hydrogen) atoms. The summed E-state index contributed by atoms with van der Waals surface area (Å²) in [6.07, 6.45) is 0. The fraction of sp³-hybridized carbons (Fsp3) is 0.364. The topological polar surface area (TPSA) is 58.6 Å². The number of halogens is 1. The molecule has 1 aromatic rings. The van der Waals surface area contributed by atoms with Crippen molar-refractivity contribution in [3.8, 4) is 5.75 Å². The summed E-state index contributed by atoms with van der Waals surface area (Å²) in [5.41, 5.74) is 0.921. The molecule has 0 spiro atoms. The van der Waals surface area contributed by atoms with Crippen molar-refractivity contribution in [3.05, 3.63) is 28.2 Å². The first-order valence-corrected chi connectivity index (χ1v) is 5.62. The monoisotopic (exact) mass is 287 g/mol. The predicted octanol–water partition coefficient (Wildman–Crippen LogP) is 2.02. The summed E-state index contributed by atoms with van der Waals surface area (Å²) < 4.78 is 6.12. The Labute approximate surface area is 103 Å². The molecule has 0 saturated carbocycles. The van der Waals surface area contributed by atoms with Crippen LogP contribution in [0.15, 0.2) is 22.7 Å². The van der Waals surface area contributed by atoms with Crippen molar-refractivity contribution < 1.29 is 14.6 Å². The number of hydrogen-bond donors (Lipinski definition) is 2. The van der Waals surface area contributed by atoms with Crippen LogP contribution in [0.25, 0.3) is 0 Å². The molecular formula is C11H14BrNO3. The highest BCUT2D eigenvalue weighted by Crippen LogP contribution is 2.22. The van der Waals surface area contributed by atoms with Gasteiger partial charge < -0.3 is 15.2 Å². The van der Waals surface area contributed by atoms with E-state index in [1.54, 1.807) is 14.0 Å². The van der Waals surface area contributed by atoms with Crippen LogP contribution in [0.2, 0.25) is 0 Å². The Morgan fingerprint density at radius 3 is 2.88 bits per heavy atom. The van der Waals surface area contributed by atoms with Crippen molar-refractivity contribution in [2.75, 3.05) is 7.11 Å². The summed E-state index contributed by atoms with van der Waals surface area (Å²) >= 11 is 3.36. The third-order valence-electron chi connectivity index (χ3n) is 2.21. The van der Waals surface area contributed by atoms with Crippen LogP contribution in [0.1, 0.15) is 12.5 Å². The second-order valence-corrected chi connectivity index (χ2v) is 4.31. The maximum atomic E-state index is 10.6. The third kappa shape index (κ3) is 3.50. The highest BCUT2D eigenvalue weighted by Gasteiger charge is 2.11. The number of aliphatic carboxylic acids is 1. The lowest BCUT2D eigenvalue weighted by Gasteiger charge is -2.12. The number of methoxy groups -OCH3 is 1. The number of nitrogens with one attached hydrogen (secondary N) is 1. The van der Waals surface area contributed by atoms with E-state index in [2.05, 4.69) is 21.2 Å². The molecule has 0 aromatic heterocycles. The lowest BCUT2D eigenvalue weighted by Crippen LogP contribution is -2.33. The third-order valence-corrected chi connectivity index (χ3v) is 2.70. The van der Waals surface area contributed by atoms with Gasteiger partial charge in [0.25, 0.3) is 0 Å². The maximum absolute atomic E-state index is 10.6. The molecule has 0 fully saturated rings. The zero-order valence-electron chi connectivity index (χ0n) is 9.16. The molecule has 1 atom stereocenters. The molecule has 5 heteroatoms. The first-order valence-electron chi connectivity index (χ1n) is 4.83. The van der Waals surface area contributed by atoms with E-state index >= 15 is 0 Å². The Kier molecular flexibility index (Phi) is 4.76. The second-order valence-electron chi connectivity index (χ2n) is 3.40. The molecule has 0 saturated heterocycles. The van der Waals surface area contributed by atoms with E-state index in [0.29, 0.717) is 6.54 Å². The zero-order valence-corrected chi connectivity index (χ0v) is 10.7. The Morgan fingerprint density at radius 1 is 1.62 bits per heavy atom. The molecule has 1 rings (SSSR count). The van der Waals surface area contributed by atoms with Crippen LogP contribution in [-0.2, 0) is 11.3 Å². The van der Waals surface area contributed by atoms with Crippen LogP contribution < -0.4 is 10.1 Å². The van der Waals surface area contributed by atoms with E-state index in [4.69, 9.17) is 9.84 Å². The number of rotatable bonds is 5. The highest BCUT2D eigenvalue weighted by molar-refractivity contribution is 9.10. The molecule has 0 bridgehead atoms. The van der Waals surface area contributed by atoms with Crippen molar-refractivity contribution in [1.29, 1.82) is 0 Å². The number of hydrogen-bond acceptors (Lipinski definition) is 3. The smallest absolute Gasteiger partial charge is 0.320 e. The van der Waals surface area contributed by atoms with Crippen LogP contribution in [0.3, 0.4) is 0 Å². The van der Waals surface area contributed by atoms with Gasteiger partial charge in [0, 0.05) is 16.6 Å². The normalized spacial score (nSPS) is 12.2. The molecule has 0 radical (unpaired) electrons. The van der Waals surface area contributed by atoms with E-state index in [-0.39, 0.29) is 0 Å². The number of carbonyl (C=O) groups is 1. The predicted molar refractivity (Wildman–Crippen MR) is 64.6 cm³/mol. The number of ether oxygens (including phenoxy) is 1. The molecule has 0 aliphatic carbocycles. The highest BCUT2D eigenvalue weighted by atomic mass is 79.9. The van der Waals surface area contributed by atoms with Crippen molar-refractivity contribution in [2.45, 2.75) is 19.5 Å². The van der Waals surface area contributed by atoms with Gasteiger partial charge in [0.05, 0.1) is 7.11 Å². The summed E-state index contributed by atoms with van der Waals surface area (Å²) in [6.45, 7) is 2.06. The van der Waals surface area contributed by atoms with Crippen molar-refractivity contribution in [3.63, 3.8) is 0 Å². The fourth-order valence-corrected chi connectivity index (χ4v) is 1.64. The van der Waals surface area contributed by atoms with Crippen molar-refractivity contribution >= 4 is 21.9 Å². The van der Waals surface area contributed by atoms with Gasteiger partial charge in [0.2, 0.25) is 0 Å². The average molecular weight is 288 g/mol. The Balaban J connectivity index is 2.72. The van der Waals surface area contributed by atoms with Gasteiger partial charge in [-0.05, 0) is 25.1 Å². The van der Waals surface area contributed by atoms with E-state index < -0.39 is 12.0 Å². The Morgan fingerprint density at radius 2 is 2.31 bits per heavy atom. The van der Waals surface area contributed by atoms with Crippen LogP contribution in [0.4, 0.5) is 0 Å². The van der Waals surface area contributed by atoms with E-state index in [1.165, 1.54) is 0 Å². The zero-order chi connectivity index (χ0) is 12.1. The molecule has 4 nitrogen and oxygen atoms in total. The maximum Gasteiger partial charge on any atom is 0.320 e. The summed E-state index contributed by atoms with van der Waals surface area (Å²) in [7, 11) is 1.59. The minimum absolute atomic E-state index is 0.454. The van der Waals surface area contributed by atoms with Crippen LogP contribution in [-0.4, -0.2) is 24.2 Å². The van der Waals surface area contributed by atoms with Gasteiger partial charge in [-0.25, -0.2) is 0 Å². The summed E-state index contributed by atoms with van der Waals surface area (Å²) in [5, 5.41) is 11.6. The van der Waals surface area contributed by atoms with Crippen molar-refractivity contribution in [2.24, 2.45) is 0 Å². The minimum Gasteiger partial charge on any atom is -0.496 e. The Hall–Kier alpha value is -1.07. The van der Waals surface area contributed by atoms with Gasteiger partial charge in [-0.2, -0.15) is 0 Å². The van der Waals surface area contributed by atoms with Crippen molar-refractivity contribution in [1.82, 2.24) is 5.32 Å². The average Bonchev–Trinajstić information content (AvgIpc) is 2.25. The van der Waals surface area contributed by atoms with Crippen LogP contribution in [0.5, 0.6) is 5.75 Å². The number of carboxylic acid groups (broad SMARTS) is 1. The van der Waals surface area contributed by atoms with E-state index in [1.807, 2.05) is 18.2 Å². The SMILES string of the molecule is COc1ccc(Br)cc1CN[C@@H](C)C(=O)O. The van der Waals surface area contributed by atoms with Crippen LogP contribution in [0, 0.1) is 0 Å².